The van der Waals surface area contributed by atoms with Crippen LogP contribution in [-0.4, -0.2) is 24.6 Å². The summed E-state index contributed by atoms with van der Waals surface area (Å²) in [7, 11) is 0. The van der Waals surface area contributed by atoms with Crippen LogP contribution in [0.25, 0.3) is 6.08 Å². The summed E-state index contributed by atoms with van der Waals surface area (Å²) in [5.74, 6) is 2.10. The lowest BCUT2D eigenvalue weighted by atomic mass is 10.1. The van der Waals surface area contributed by atoms with E-state index >= 15 is 0 Å². The third-order valence-electron chi connectivity index (χ3n) is 3.73. The van der Waals surface area contributed by atoms with Gasteiger partial charge in [0, 0.05) is 5.56 Å². The second kappa shape index (κ2) is 10.5. The van der Waals surface area contributed by atoms with Crippen LogP contribution in [0.5, 0.6) is 17.2 Å². The number of hydrogen-bond acceptors (Lipinski definition) is 4. The lowest BCUT2D eigenvalue weighted by Gasteiger charge is -2.17. The number of ketones is 1. The quantitative estimate of drug-likeness (QED) is 0.376. The van der Waals surface area contributed by atoms with Crippen molar-refractivity contribution in [2.45, 2.75) is 53.2 Å². The van der Waals surface area contributed by atoms with Crippen molar-refractivity contribution in [1.29, 1.82) is 0 Å². The second-order valence-corrected chi connectivity index (χ2v) is 7.11. The molecule has 2 aromatic carbocycles. The molecule has 0 atom stereocenters. The molecule has 0 amide bonds. The number of hydrogen-bond donors (Lipinski definition) is 0. The molecule has 0 spiro atoms. The molecule has 0 saturated heterocycles. The van der Waals surface area contributed by atoms with E-state index in [-0.39, 0.29) is 18.0 Å². The van der Waals surface area contributed by atoms with Crippen LogP contribution in [0, 0.1) is 0 Å². The van der Waals surface area contributed by atoms with E-state index in [1.54, 1.807) is 24.3 Å². The number of carbonyl (C=O) groups is 1. The lowest BCUT2D eigenvalue weighted by Crippen LogP contribution is -2.10. The van der Waals surface area contributed by atoms with Crippen LogP contribution in [-0.2, 0) is 0 Å². The Morgan fingerprint density at radius 1 is 0.929 bits per heavy atom. The van der Waals surface area contributed by atoms with Crippen LogP contribution in [0.2, 0.25) is 0 Å². The molecule has 0 aliphatic heterocycles. The van der Waals surface area contributed by atoms with Gasteiger partial charge in [-0.15, -0.1) is 0 Å². The molecule has 2 rings (SSSR count). The molecule has 2 aromatic rings. The van der Waals surface area contributed by atoms with Gasteiger partial charge in [-0.05, 0) is 82.2 Å². The summed E-state index contributed by atoms with van der Waals surface area (Å²) in [5.41, 5.74) is 1.50. The fourth-order valence-electron chi connectivity index (χ4n) is 2.53. The molecule has 0 bridgehead atoms. The monoisotopic (exact) mass is 382 g/mol. The average molecular weight is 383 g/mol. The normalized spacial score (nSPS) is 11.2. The van der Waals surface area contributed by atoms with Gasteiger partial charge in [0.25, 0.3) is 0 Å². The standard InChI is InChI=1S/C24H30O4/c1-6-15-26-21-11-9-20(10-12-21)22(25)13-7-19-8-14-23(27-17(2)3)24(16-19)28-18(4)5/h7-14,16-18H,6,15H2,1-5H3. The van der Waals surface area contributed by atoms with Crippen LogP contribution < -0.4 is 14.2 Å². The predicted molar refractivity (Wildman–Crippen MR) is 114 cm³/mol. The predicted octanol–water partition coefficient (Wildman–Crippen LogP) is 5.95. The highest BCUT2D eigenvalue weighted by atomic mass is 16.5. The Hall–Kier alpha value is -2.75. The lowest BCUT2D eigenvalue weighted by molar-refractivity contribution is 0.104. The zero-order valence-corrected chi connectivity index (χ0v) is 17.4. The smallest absolute Gasteiger partial charge is 0.185 e. The molecule has 4 nitrogen and oxygen atoms in total. The average Bonchev–Trinajstić information content (AvgIpc) is 2.66. The van der Waals surface area contributed by atoms with Crippen molar-refractivity contribution in [3.8, 4) is 17.2 Å². The molecule has 28 heavy (non-hydrogen) atoms. The molecule has 0 heterocycles. The minimum absolute atomic E-state index is 0.0313. The molecule has 0 fully saturated rings. The fraction of sp³-hybridized carbons (Fsp3) is 0.375. The van der Waals surface area contributed by atoms with Crippen molar-refractivity contribution in [3.63, 3.8) is 0 Å². The first-order valence-electron chi connectivity index (χ1n) is 9.81. The summed E-state index contributed by atoms with van der Waals surface area (Å²) in [5, 5.41) is 0. The van der Waals surface area contributed by atoms with Gasteiger partial charge in [-0.2, -0.15) is 0 Å². The molecule has 0 N–H and O–H groups in total. The Kier molecular flexibility index (Phi) is 8.12. The third kappa shape index (κ3) is 6.76. The van der Waals surface area contributed by atoms with E-state index in [1.165, 1.54) is 0 Å². The molecule has 0 aliphatic rings. The maximum absolute atomic E-state index is 12.4. The molecule has 0 unspecified atom stereocenters. The summed E-state index contributed by atoms with van der Waals surface area (Å²) in [6.45, 7) is 10.6. The zero-order valence-electron chi connectivity index (χ0n) is 17.4. The number of benzene rings is 2. The van der Waals surface area contributed by atoms with E-state index < -0.39 is 0 Å². The van der Waals surface area contributed by atoms with Crippen LogP contribution in [0.4, 0.5) is 0 Å². The van der Waals surface area contributed by atoms with E-state index in [0.717, 1.165) is 17.7 Å². The third-order valence-corrected chi connectivity index (χ3v) is 3.73. The highest BCUT2D eigenvalue weighted by Crippen LogP contribution is 2.30. The molecular formula is C24H30O4. The van der Waals surface area contributed by atoms with Gasteiger partial charge in [0.2, 0.25) is 0 Å². The number of carbonyl (C=O) groups excluding carboxylic acids is 1. The number of allylic oxidation sites excluding steroid dienone is 1. The van der Waals surface area contributed by atoms with Crippen molar-refractivity contribution in [3.05, 3.63) is 59.7 Å². The Labute approximate surface area is 168 Å². The summed E-state index contributed by atoms with van der Waals surface area (Å²) in [4.78, 5) is 12.4. The van der Waals surface area contributed by atoms with Gasteiger partial charge in [0.15, 0.2) is 17.3 Å². The Bertz CT molecular complexity index is 789. The SMILES string of the molecule is CCCOc1ccc(C(=O)C=Cc2ccc(OC(C)C)c(OC(C)C)c2)cc1. The Balaban J connectivity index is 2.12. The first kappa shape index (κ1) is 21.5. The van der Waals surface area contributed by atoms with E-state index in [2.05, 4.69) is 6.92 Å². The van der Waals surface area contributed by atoms with E-state index in [9.17, 15) is 4.79 Å². The number of rotatable bonds is 10. The van der Waals surface area contributed by atoms with Crippen LogP contribution in [0.15, 0.2) is 48.5 Å². The van der Waals surface area contributed by atoms with Gasteiger partial charge in [-0.3, -0.25) is 4.79 Å². The molecule has 150 valence electrons. The topological polar surface area (TPSA) is 44.8 Å². The van der Waals surface area contributed by atoms with Gasteiger partial charge >= 0.3 is 0 Å². The minimum Gasteiger partial charge on any atom is -0.494 e. The van der Waals surface area contributed by atoms with Gasteiger partial charge in [0.1, 0.15) is 5.75 Å². The number of ether oxygens (including phenoxy) is 3. The van der Waals surface area contributed by atoms with Gasteiger partial charge < -0.3 is 14.2 Å². The molecule has 4 heteroatoms. The van der Waals surface area contributed by atoms with Gasteiger partial charge in [-0.1, -0.05) is 19.1 Å². The Morgan fingerprint density at radius 3 is 2.18 bits per heavy atom. The van der Waals surface area contributed by atoms with Crippen molar-refractivity contribution in [2.24, 2.45) is 0 Å². The maximum Gasteiger partial charge on any atom is 0.185 e. The molecule has 0 saturated carbocycles. The summed E-state index contributed by atoms with van der Waals surface area (Å²) < 4.78 is 17.2. The van der Waals surface area contributed by atoms with Crippen LogP contribution >= 0.6 is 0 Å². The summed E-state index contributed by atoms with van der Waals surface area (Å²) in [6, 6.07) is 12.9. The largest absolute Gasteiger partial charge is 0.494 e. The first-order chi connectivity index (χ1) is 13.4. The van der Waals surface area contributed by atoms with Crippen molar-refractivity contribution in [1.82, 2.24) is 0 Å². The van der Waals surface area contributed by atoms with Crippen LogP contribution in [0.3, 0.4) is 0 Å². The zero-order chi connectivity index (χ0) is 20.5. The maximum atomic E-state index is 12.4. The summed E-state index contributed by atoms with van der Waals surface area (Å²) in [6.07, 6.45) is 4.40. The van der Waals surface area contributed by atoms with E-state index in [4.69, 9.17) is 14.2 Å². The molecule has 0 aliphatic carbocycles. The fourth-order valence-corrected chi connectivity index (χ4v) is 2.53. The first-order valence-corrected chi connectivity index (χ1v) is 9.81. The summed E-state index contributed by atoms with van der Waals surface area (Å²) >= 11 is 0. The van der Waals surface area contributed by atoms with E-state index in [1.807, 2.05) is 58.0 Å². The highest BCUT2D eigenvalue weighted by molar-refractivity contribution is 6.06. The highest BCUT2D eigenvalue weighted by Gasteiger charge is 2.10. The van der Waals surface area contributed by atoms with Crippen molar-refractivity contribution >= 4 is 11.9 Å². The molecule has 0 aromatic heterocycles. The molecular weight excluding hydrogens is 352 g/mol. The molecule has 0 radical (unpaired) electrons. The van der Waals surface area contributed by atoms with E-state index in [0.29, 0.717) is 23.7 Å². The van der Waals surface area contributed by atoms with Gasteiger partial charge in [0.05, 0.1) is 18.8 Å². The van der Waals surface area contributed by atoms with Gasteiger partial charge in [-0.25, -0.2) is 0 Å². The Morgan fingerprint density at radius 2 is 1.57 bits per heavy atom. The van der Waals surface area contributed by atoms with Crippen LogP contribution in [0.1, 0.15) is 57.0 Å². The second-order valence-electron chi connectivity index (χ2n) is 7.11. The van der Waals surface area contributed by atoms with Crippen molar-refractivity contribution < 1.29 is 19.0 Å². The minimum atomic E-state index is -0.0594. The van der Waals surface area contributed by atoms with Crippen molar-refractivity contribution in [2.75, 3.05) is 6.61 Å².